The van der Waals surface area contributed by atoms with Crippen LogP contribution in [0.2, 0.25) is 0 Å². The number of nitrogens with one attached hydrogen (secondary N) is 1. The van der Waals surface area contributed by atoms with Crippen molar-refractivity contribution in [1.82, 2.24) is 14.6 Å². The summed E-state index contributed by atoms with van der Waals surface area (Å²) in [4.78, 5) is 4.16. The summed E-state index contributed by atoms with van der Waals surface area (Å²) < 4.78 is 31.4. The number of sulfonamides is 1. The molecule has 1 saturated heterocycles. The molecule has 2 atom stereocenters. The molecule has 1 aromatic heterocycles. The maximum Gasteiger partial charge on any atom is 0.244 e. The molecule has 20 heavy (non-hydrogen) atoms. The van der Waals surface area contributed by atoms with Crippen LogP contribution in [-0.4, -0.2) is 50.0 Å². The molecule has 2 heterocycles. The van der Waals surface area contributed by atoms with Crippen LogP contribution in [-0.2, 0) is 10.0 Å². The maximum atomic E-state index is 12.5. The van der Waals surface area contributed by atoms with Crippen molar-refractivity contribution in [1.29, 1.82) is 0 Å². The van der Waals surface area contributed by atoms with Crippen molar-refractivity contribution in [2.75, 3.05) is 20.2 Å². The Morgan fingerprint density at radius 1 is 1.30 bits per heavy atom. The molecule has 114 valence electrons. The Morgan fingerprint density at radius 2 is 1.90 bits per heavy atom. The van der Waals surface area contributed by atoms with E-state index in [-0.39, 0.29) is 29.4 Å². The average Bonchev–Trinajstić information content (AvgIpc) is 2.37. The predicted octanol–water partition coefficient (Wildman–Crippen LogP) is 0.883. The Bertz CT molecular complexity index is 525. The van der Waals surface area contributed by atoms with Crippen molar-refractivity contribution in [2.45, 2.75) is 30.8 Å². The van der Waals surface area contributed by atoms with Gasteiger partial charge in [0.2, 0.25) is 15.9 Å². The van der Waals surface area contributed by atoms with Gasteiger partial charge in [-0.05, 0) is 19.9 Å². The molecular weight excluding hydrogens is 302 g/mol. The first kappa shape index (κ1) is 17.2. The van der Waals surface area contributed by atoms with Gasteiger partial charge in [0.15, 0.2) is 0 Å². The van der Waals surface area contributed by atoms with Crippen molar-refractivity contribution in [2.24, 2.45) is 0 Å². The molecule has 0 aliphatic carbocycles. The second-order valence-corrected chi connectivity index (χ2v) is 6.76. The fourth-order valence-corrected chi connectivity index (χ4v) is 3.83. The van der Waals surface area contributed by atoms with E-state index in [0.29, 0.717) is 19.0 Å². The van der Waals surface area contributed by atoms with Gasteiger partial charge >= 0.3 is 0 Å². The van der Waals surface area contributed by atoms with Crippen LogP contribution >= 0.6 is 12.4 Å². The molecule has 1 aliphatic heterocycles. The van der Waals surface area contributed by atoms with E-state index in [0.717, 1.165) is 0 Å². The normalized spacial score (nSPS) is 23.9. The van der Waals surface area contributed by atoms with Crippen LogP contribution in [0, 0.1) is 0 Å². The number of piperazine rings is 1. The van der Waals surface area contributed by atoms with Crippen molar-refractivity contribution < 1.29 is 13.2 Å². The summed E-state index contributed by atoms with van der Waals surface area (Å²) in [5.74, 6) is 0.404. The van der Waals surface area contributed by atoms with Gasteiger partial charge in [-0.2, -0.15) is 4.31 Å². The van der Waals surface area contributed by atoms with E-state index in [2.05, 4.69) is 10.3 Å². The minimum Gasteiger partial charge on any atom is -0.481 e. The Kier molecular flexibility index (Phi) is 5.76. The summed E-state index contributed by atoms with van der Waals surface area (Å²) in [5, 5.41) is 3.31. The molecule has 0 spiro atoms. The first-order valence-corrected chi connectivity index (χ1v) is 7.63. The number of aromatic nitrogens is 1. The standard InChI is InChI=1S/C12H19N3O3S.ClH/c1-9-7-15(8-10(2)14-9)19(16,17)11-4-5-12(18-3)13-6-11;/h4-6,9-10,14H,7-8H2,1-3H3;1H. The molecule has 1 N–H and O–H groups in total. The van der Waals surface area contributed by atoms with Gasteiger partial charge in [0, 0.05) is 31.2 Å². The molecule has 2 rings (SSSR count). The van der Waals surface area contributed by atoms with Crippen molar-refractivity contribution in [3.05, 3.63) is 18.3 Å². The molecule has 0 saturated carbocycles. The third kappa shape index (κ3) is 3.60. The van der Waals surface area contributed by atoms with Gasteiger partial charge in [0.25, 0.3) is 0 Å². The smallest absolute Gasteiger partial charge is 0.244 e. The van der Waals surface area contributed by atoms with E-state index in [1.54, 1.807) is 6.07 Å². The summed E-state index contributed by atoms with van der Waals surface area (Å²) in [5.41, 5.74) is 0. The fraction of sp³-hybridized carbons (Fsp3) is 0.583. The third-order valence-electron chi connectivity index (χ3n) is 3.08. The van der Waals surface area contributed by atoms with Crippen LogP contribution in [0.4, 0.5) is 0 Å². The molecule has 2 unspecified atom stereocenters. The van der Waals surface area contributed by atoms with Crippen molar-refractivity contribution >= 4 is 22.4 Å². The lowest BCUT2D eigenvalue weighted by molar-refractivity contribution is 0.263. The predicted molar refractivity (Wildman–Crippen MR) is 78.9 cm³/mol. The van der Waals surface area contributed by atoms with E-state index >= 15 is 0 Å². The summed E-state index contributed by atoms with van der Waals surface area (Å²) in [6.45, 7) is 4.90. The lowest BCUT2D eigenvalue weighted by Crippen LogP contribution is -2.55. The molecule has 1 aliphatic rings. The van der Waals surface area contributed by atoms with E-state index in [1.807, 2.05) is 13.8 Å². The van der Waals surface area contributed by atoms with Gasteiger partial charge in [-0.3, -0.25) is 0 Å². The molecular formula is C12H20ClN3O3S. The van der Waals surface area contributed by atoms with E-state index < -0.39 is 10.0 Å². The number of rotatable bonds is 3. The Labute approximate surface area is 126 Å². The highest BCUT2D eigenvalue weighted by Crippen LogP contribution is 2.19. The lowest BCUT2D eigenvalue weighted by Gasteiger charge is -2.35. The van der Waals surface area contributed by atoms with Gasteiger partial charge in [-0.15, -0.1) is 12.4 Å². The molecule has 1 fully saturated rings. The van der Waals surface area contributed by atoms with Gasteiger partial charge < -0.3 is 10.1 Å². The average molecular weight is 322 g/mol. The summed E-state index contributed by atoms with van der Waals surface area (Å²) in [6.07, 6.45) is 1.34. The maximum absolute atomic E-state index is 12.5. The number of methoxy groups -OCH3 is 1. The Morgan fingerprint density at radius 3 is 2.35 bits per heavy atom. The van der Waals surface area contributed by atoms with Crippen LogP contribution in [0.25, 0.3) is 0 Å². The number of pyridine rings is 1. The van der Waals surface area contributed by atoms with Gasteiger partial charge in [-0.1, -0.05) is 0 Å². The zero-order valence-electron chi connectivity index (χ0n) is 11.7. The fourth-order valence-electron chi connectivity index (χ4n) is 2.26. The highest BCUT2D eigenvalue weighted by molar-refractivity contribution is 7.89. The van der Waals surface area contributed by atoms with E-state index in [1.165, 1.54) is 23.7 Å². The first-order chi connectivity index (χ1) is 8.93. The van der Waals surface area contributed by atoms with Crippen LogP contribution in [0.5, 0.6) is 5.88 Å². The molecule has 0 radical (unpaired) electrons. The number of nitrogens with zero attached hydrogens (tertiary/aromatic N) is 2. The number of halogens is 1. The third-order valence-corrected chi connectivity index (χ3v) is 4.90. The van der Waals surface area contributed by atoms with Gasteiger partial charge in [0.05, 0.1) is 13.3 Å². The topological polar surface area (TPSA) is 71.5 Å². The first-order valence-electron chi connectivity index (χ1n) is 6.19. The van der Waals surface area contributed by atoms with E-state index in [9.17, 15) is 8.42 Å². The zero-order chi connectivity index (χ0) is 14.0. The molecule has 0 amide bonds. The summed E-state index contributed by atoms with van der Waals surface area (Å²) in [7, 11) is -1.98. The minimum absolute atomic E-state index is 0. The number of hydrogen-bond donors (Lipinski definition) is 1. The lowest BCUT2D eigenvalue weighted by atomic mass is 10.2. The highest BCUT2D eigenvalue weighted by Gasteiger charge is 2.31. The van der Waals surface area contributed by atoms with Gasteiger partial charge in [-0.25, -0.2) is 13.4 Å². The van der Waals surface area contributed by atoms with Crippen LogP contribution in [0.1, 0.15) is 13.8 Å². The monoisotopic (exact) mass is 321 g/mol. The van der Waals surface area contributed by atoms with Crippen molar-refractivity contribution in [3.8, 4) is 5.88 Å². The largest absolute Gasteiger partial charge is 0.481 e. The zero-order valence-corrected chi connectivity index (χ0v) is 13.4. The molecule has 0 aromatic carbocycles. The van der Waals surface area contributed by atoms with Crippen LogP contribution in [0.3, 0.4) is 0 Å². The minimum atomic E-state index is -3.48. The van der Waals surface area contributed by atoms with Crippen molar-refractivity contribution in [3.63, 3.8) is 0 Å². The molecule has 1 aromatic rings. The molecule has 0 bridgehead atoms. The summed E-state index contributed by atoms with van der Waals surface area (Å²) in [6, 6.07) is 3.37. The van der Waals surface area contributed by atoms with Crippen LogP contribution in [0.15, 0.2) is 23.2 Å². The summed E-state index contributed by atoms with van der Waals surface area (Å²) >= 11 is 0. The quantitative estimate of drug-likeness (QED) is 0.895. The molecule has 6 nitrogen and oxygen atoms in total. The highest BCUT2D eigenvalue weighted by atomic mass is 35.5. The Balaban J connectivity index is 0.00000200. The van der Waals surface area contributed by atoms with Crippen LogP contribution < -0.4 is 10.1 Å². The Hall–Kier alpha value is -0.890. The van der Waals surface area contributed by atoms with E-state index in [4.69, 9.17) is 4.74 Å². The number of ether oxygens (including phenoxy) is 1. The second-order valence-electron chi connectivity index (χ2n) is 4.83. The molecule has 8 heteroatoms. The number of hydrogen-bond acceptors (Lipinski definition) is 5. The van der Waals surface area contributed by atoms with Gasteiger partial charge in [0.1, 0.15) is 4.90 Å². The SMILES string of the molecule is COc1ccc(S(=O)(=O)N2CC(C)NC(C)C2)cn1.Cl. The second kappa shape index (κ2) is 6.71.